The van der Waals surface area contributed by atoms with Crippen molar-refractivity contribution in [1.29, 1.82) is 0 Å². The summed E-state index contributed by atoms with van der Waals surface area (Å²) < 4.78 is 26.5. The summed E-state index contributed by atoms with van der Waals surface area (Å²) in [7, 11) is -3.95. The van der Waals surface area contributed by atoms with Gasteiger partial charge in [0.05, 0.1) is 5.02 Å². The highest BCUT2D eigenvalue weighted by molar-refractivity contribution is 7.98. The molecule has 20 heavy (non-hydrogen) atoms. The Labute approximate surface area is 127 Å². The van der Waals surface area contributed by atoms with Gasteiger partial charge in [0.1, 0.15) is 10.9 Å². The maximum absolute atomic E-state index is 12.2. The van der Waals surface area contributed by atoms with Gasteiger partial charge in [0.15, 0.2) is 0 Å². The summed E-state index contributed by atoms with van der Waals surface area (Å²) in [4.78, 5) is 11.0. The number of carbonyl (C=O) groups is 1. The fourth-order valence-corrected chi connectivity index (χ4v) is 3.84. The number of thioether (sulfide) groups is 1. The maximum Gasteiger partial charge on any atom is 0.321 e. The van der Waals surface area contributed by atoms with Gasteiger partial charge in [-0.25, -0.2) is 8.42 Å². The molecule has 2 N–H and O–H groups in total. The van der Waals surface area contributed by atoms with Gasteiger partial charge in [-0.15, -0.1) is 0 Å². The lowest BCUT2D eigenvalue weighted by atomic mass is 10.2. The van der Waals surface area contributed by atoms with Gasteiger partial charge in [0.25, 0.3) is 0 Å². The van der Waals surface area contributed by atoms with E-state index in [1.807, 2.05) is 6.26 Å². The van der Waals surface area contributed by atoms with Crippen LogP contribution < -0.4 is 4.72 Å². The van der Waals surface area contributed by atoms with Crippen molar-refractivity contribution in [3.63, 3.8) is 0 Å². The summed E-state index contributed by atoms with van der Waals surface area (Å²) in [6.45, 7) is 1.79. The maximum atomic E-state index is 12.2. The average molecular weight is 338 g/mol. The Kier molecular flexibility index (Phi) is 6.32. The molecule has 1 aromatic carbocycles. The number of sulfonamides is 1. The van der Waals surface area contributed by atoms with Crippen molar-refractivity contribution in [1.82, 2.24) is 4.72 Å². The van der Waals surface area contributed by atoms with Gasteiger partial charge in [-0.1, -0.05) is 17.7 Å². The van der Waals surface area contributed by atoms with Gasteiger partial charge in [-0.3, -0.25) is 4.79 Å². The summed E-state index contributed by atoms with van der Waals surface area (Å²) in [5.74, 6) is -0.660. The van der Waals surface area contributed by atoms with E-state index in [0.29, 0.717) is 5.75 Å². The van der Waals surface area contributed by atoms with Crippen LogP contribution >= 0.6 is 23.4 Å². The van der Waals surface area contributed by atoms with E-state index in [-0.39, 0.29) is 16.3 Å². The predicted molar refractivity (Wildman–Crippen MR) is 80.9 cm³/mol. The standard InChI is InChI=1S/C12H16ClNO4S2/c1-8-3-4-11(9(13)7-8)20(17,18)14-10(12(15)16)5-6-19-2/h3-4,7,10,14H,5-6H2,1-2H3,(H,15,16)/t10-/m1/s1. The summed E-state index contributed by atoms with van der Waals surface area (Å²) in [5, 5.41) is 9.13. The first-order valence-electron chi connectivity index (χ1n) is 5.78. The third kappa shape index (κ3) is 4.66. The third-order valence-corrected chi connectivity index (χ3v) is 5.18. The molecule has 1 atom stereocenters. The zero-order valence-electron chi connectivity index (χ0n) is 11.1. The van der Waals surface area contributed by atoms with Crippen LogP contribution in [0.4, 0.5) is 0 Å². The highest BCUT2D eigenvalue weighted by Crippen LogP contribution is 2.22. The van der Waals surface area contributed by atoms with Gasteiger partial charge in [0.2, 0.25) is 10.0 Å². The molecule has 0 aromatic heterocycles. The normalized spacial score (nSPS) is 13.2. The summed E-state index contributed by atoms with van der Waals surface area (Å²) >= 11 is 7.36. The van der Waals surface area contributed by atoms with Gasteiger partial charge in [-0.2, -0.15) is 16.5 Å². The lowest BCUT2D eigenvalue weighted by molar-refractivity contribution is -0.139. The van der Waals surface area contributed by atoms with Crippen LogP contribution in [0.3, 0.4) is 0 Å². The fraction of sp³-hybridized carbons (Fsp3) is 0.417. The van der Waals surface area contributed by atoms with Gasteiger partial charge in [-0.05, 0) is 43.0 Å². The molecule has 112 valence electrons. The van der Waals surface area contributed by atoms with E-state index in [1.54, 1.807) is 13.0 Å². The van der Waals surface area contributed by atoms with E-state index in [4.69, 9.17) is 16.7 Å². The van der Waals surface area contributed by atoms with Crippen molar-refractivity contribution in [2.24, 2.45) is 0 Å². The molecule has 0 heterocycles. The number of hydrogen-bond donors (Lipinski definition) is 2. The monoisotopic (exact) mass is 337 g/mol. The lowest BCUT2D eigenvalue weighted by Gasteiger charge is -2.15. The Balaban J connectivity index is 3.00. The van der Waals surface area contributed by atoms with Crippen LogP contribution in [0.5, 0.6) is 0 Å². The molecule has 0 bridgehead atoms. The molecule has 5 nitrogen and oxygen atoms in total. The van der Waals surface area contributed by atoms with Crippen molar-refractivity contribution < 1.29 is 18.3 Å². The van der Waals surface area contributed by atoms with Crippen LogP contribution in [-0.2, 0) is 14.8 Å². The minimum Gasteiger partial charge on any atom is -0.480 e. The van der Waals surface area contributed by atoms with Crippen LogP contribution in [0.25, 0.3) is 0 Å². The number of carboxylic acids is 1. The summed E-state index contributed by atoms with van der Waals surface area (Å²) in [6, 6.07) is 3.34. The topological polar surface area (TPSA) is 83.5 Å². The average Bonchev–Trinajstić information content (AvgIpc) is 2.33. The van der Waals surface area contributed by atoms with Gasteiger partial charge in [0, 0.05) is 0 Å². The number of carboxylic acid groups (broad SMARTS) is 1. The number of benzene rings is 1. The van der Waals surface area contributed by atoms with E-state index in [1.165, 1.54) is 23.9 Å². The molecule has 0 saturated carbocycles. The minimum absolute atomic E-state index is 0.0755. The second-order valence-electron chi connectivity index (χ2n) is 4.23. The highest BCUT2D eigenvalue weighted by atomic mass is 35.5. The fourth-order valence-electron chi connectivity index (χ4n) is 1.54. The Morgan fingerprint density at radius 3 is 2.65 bits per heavy atom. The Morgan fingerprint density at radius 1 is 1.50 bits per heavy atom. The Hall–Kier alpha value is -0.760. The van der Waals surface area contributed by atoms with Crippen LogP contribution in [0.15, 0.2) is 23.1 Å². The van der Waals surface area contributed by atoms with E-state index >= 15 is 0 Å². The van der Waals surface area contributed by atoms with Crippen LogP contribution in [0.1, 0.15) is 12.0 Å². The first kappa shape index (κ1) is 17.3. The molecule has 0 aliphatic rings. The zero-order valence-corrected chi connectivity index (χ0v) is 13.5. The second kappa shape index (κ2) is 7.31. The number of hydrogen-bond acceptors (Lipinski definition) is 4. The summed E-state index contributed by atoms with van der Waals surface area (Å²) in [5.41, 5.74) is 0.825. The van der Waals surface area contributed by atoms with E-state index in [0.717, 1.165) is 5.56 Å². The molecular formula is C12H16ClNO4S2. The smallest absolute Gasteiger partial charge is 0.321 e. The summed E-state index contributed by atoms with van der Waals surface area (Å²) in [6.07, 6.45) is 2.03. The predicted octanol–water partition coefficient (Wildman–Crippen LogP) is 2.13. The van der Waals surface area contributed by atoms with Gasteiger partial charge >= 0.3 is 5.97 Å². The molecule has 8 heteroatoms. The molecule has 1 aromatic rings. The van der Waals surface area contributed by atoms with Crippen molar-refractivity contribution >= 4 is 39.4 Å². The molecule has 0 spiro atoms. The number of nitrogens with one attached hydrogen (secondary N) is 1. The van der Waals surface area contributed by atoms with Crippen molar-refractivity contribution in [2.75, 3.05) is 12.0 Å². The molecular weight excluding hydrogens is 322 g/mol. The molecule has 0 saturated heterocycles. The third-order valence-electron chi connectivity index (χ3n) is 2.58. The Bertz CT molecular complexity index is 589. The zero-order chi connectivity index (χ0) is 15.3. The van der Waals surface area contributed by atoms with E-state index in [2.05, 4.69) is 4.72 Å². The first-order chi connectivity index (χ1) is 9.27. The lowest BCUT2D eigenvalue weighted by Crippen LogP contribution is -2.41. The van der Waals surface area contributed by atoms with E-state index < -0.39 is 22.0 Å². The number of aryl methyl sites for hydroxylation is 1. The Morgan fingerprint density at radius 2 is 2.15 bits per heavy atom. The molecule has 0 aliphatic heterocycles. The molecule has 0 fully saturated rings. The highest BCUT2D eigenvalue weighted by Gasteiger charge is 2.26. The molecule has 0 radical (unpaired) electrons. The first-order valence-corrected chi connectivity index (χ1v) is 9.03. The van der Waals surface area contributed by atoms with Crippen LogP contribution in [0.2, 0.25) is 5.02 Å². The molecule has 1 rings (SSSR count). The van der Waals surface area contributed by atoms with Crippen molar-refractivity contribution in [2.45, 2.75) is 24.3 Å². The SMILES string of the molecule is CSCC[C@@H](NS(=O)(=O)c1ccc(C)cc1Cl)C(=O)O. The van der Waals surface area contributed by atoms with Crippen molar-refractivity contribution in [3.05, 3.63) is 28.8 Å². The largest absolute Gasteiger partial charge is 0.480 e. The van der Waals surface area contributed by atoms with Gasteiger partial charge < -0.3 is 5.11 Å². The minimum atomic E-state index is -3.95. The van der Waals surface area contributed by atoms with Crippen LogP contribution in [-0.4, -0.2) is 37.5 Å². The number of aliphatic carboxylic acids is 1. The number of halogens is 1. The molecule has 0 aliphatic carbocycles. The van der Waals surface area contributed by atoms with Crippen molar-refractivity contribution in [3.8, 4) is 0 Å². The van der Waals surface area contributed by atoms with E-state index in [9.17, 15) is 13.2 Å². The second-order valence-corrected chi connectivity index (χ2v) is 7.30. The number of rotatable bonds is 7. The molecule has 0 unspecified atom stereocenters. The van der Waals surface area contributed by atoms with Crippen LogP contribution in [0, 0.1) is 6.92 Å². The molecule has 0 amide bonds. The quantitative estimate of drug-likeness (QED) is 0.796.